The Labute approximate surface area is 117 Å². The van der Waals surface area contributed by atoms with Crippen LogP contribution < -0.4 is 0 Å². The molecule has 1 saturated carbocycles. The van der Waals surface area contributed by atoms with Gasteiger partial charge < -0.3 is 5.11 Å². The van der Waals surface area contributed by atoms with E-state index in [2.05, 4.69) is 12.1 Å². The second kappa shape index (κ2) is 4.97. The fourth-order valence-corrected chi connectivity index (χ4v) is 3.00. The van der Waals surface area contributed by atoms with Crippen molar-refractivity contribution in [2.24, 2.45) is 0 Å². The van der Waals surface area contributed by atoms with E-state index in [1.165, 1.54) is 5.56 Å². The molecule has 94 valence electrons. The molecule has 0 spiro atoms. The monoisotopic (exact) mass is 292 g/mol. The van der Waals surface area contributed by atoms with Crippen LogP contribution in [0, 0.1) is 0 Å². The van der Waals surface area contributed by atoms with Gasteiger partial charge in [-0.05, 0) is 37.2 Å². The van der Waals surface area contributed by atoms with Crippen LogP contribution in [0.4, 0.5) is 0 Å². The Morgan fingerprint density at radius 2 is 1.59 bits per heavy atom. The minimum Gasteiger partial charge on any atom is -0.385 e. The van der Waals surface area contributed by atoms with Crippen LogP contribution >= 0.6 is 34.8 Å². The maximum absolute atomic E-state index is 10.3. The molecule has 4 heteroatoms. The van der Waals surface area contributed by atoms with Gasteiger partial charge in [0.2, 0.25) is 3.79 Å². The molecule has 1 fully saturated rings. The summed E-state index contributed by atoms with van der Waals surface area (Å²) in [4.78, 5) is 0. The average Bonchev–Trinajstić information content (AvgIpc) is 2.30. The lowest BCUT2D eigenvalue weighted by Gasteiger charge is -2.40. The third-order valence-corrected chi connectivity index (χ3v) is 4.67. The van der Waals surface area contributed by atoms with Gasteiger partial charge in [0.15, 0.2) is 0 Å². The third kappa shape index (κ3) is 2.90. The molecule has 1 aromatic carbocycles. The molecule has 1 N–H and O–H groups in total. The van der Waals surface area contributed by atoms with Crippen LogP contribution in [0.3, 0.4) is 0 Å². The highest BCUT2D eigenvalue weighted by molar-refractivity contribution is 6.68. The summed E-state index contributed by atoms with van der Waals surface area (Å²) >= 11 is 17.5. The standard InChI is InChI=1S/C13H15Cl3O/c14-13(15,16)12(17)8-6-11(7-9-12)10-4-2-1-3-5-10/h1-5,11,17H,6-9H2. The summed E-state index contributed by atoms with van der Waals surface area (Å²) in [6.45, 7) is 0. The largest absolute Gasteiger partial charge is 0.385 e. The van der Waals surface area contributed by atoms with Crippen LogP contribution in [0.2, 0.25) is 0 Å². The van der Waals surface area contributed by atoms with E-state index in [4.69, 9.17) is 34.8 Å². The van der Waals surface area contributed by atoms with E-state index in [9.17, 15) is 5.11 Å². The number of hydrogen-bond donors (Lipinski definition) is 1. The van der Waals surface area contributed by atoms with Crippen molar-refractivity contribution in [2.75, 3.05) is 0 Å². The normalized spacial score (nSPS) is 30.2. The van der Waals surface area contributed by atoms with Crippen LogP contribution in [-0.4, -0.2) is 14.5 Å². The Kier molecular flexibility index (Phi) is 3.94. The molecule has 0 radical (unpaired) electrons. The van der Waals surface area contributed by atoms with Crippen LogP contribution in [0.5, 0.6) is 0 Å². The number of aliphatic hydroxyl groups is 1. The molecule has 0 amide bonds. The average molecular weight is 294 g/mol. The maximum Gasteiger partial charge on any atom is 0.218 e. The Morgan fingerprint density at radius 1 is 1.06 bits per heavy atom. The molecule has 0 atom stereocenters. The highest BCUT2D eigenvalue weighted by Crippen LogP contribution is 2.49. The minimum atomic E-state index is -1.59. The number of halogens is 3. The van der Waals surface area contributed by atoms with Crippen LogP contribution in [0.15, 0.2) is 30.3 Å². The molecule has 1 aliphatic rings. The molecule has 0 heterocycles. The Balaban J connectivity index is 2.04. The second-order valence-electron chi connectivity index (χ2n) is 4.71. The van der Waals surface area contributed by atoms with Gasteiger partial charge in [-0.3, -0.25) is 0 Å². The molecule has 0 bridgehead atoms. The molecule has 1 aliphatic carbocycles. The summed E-state index contributed by atoms with van der Waals surface area (Å²) in [6.07, 6.45) is 2.77. The van der Waals surface area contributed by atoms with E-state index >= 15 is 0 Å². The quantitative estimate of drug-likeness (QED) is 0.759. The molecule has 1 nitrogen and oxygen atoms in total. The van der Waals surface area contributed by atoms with E-state index in [0.29, 0.717) is 18.8 Å². The minimum absolute atomic E-state index is 0.462. The van der Waals surface area contributed by atoms with Gasteiger partial charge in [0.05, 0.1) is 0 Å². The van der Waals surface area contributed by atoms with E-state index in [-0.39, 0.29) is 0 Å². The van der Waals surface area contributed by atoms with Crippen molar-refractivity contribution in [3.05, 3.63) is 35.9 Å². The third-order valence-electron chi connectivity index (χ3n) is 3.61. The molecule has 0 aromatic heterocycles. The van der Waals surface area contributed by atoms with Gasteiger partial charge in [-0.2, -0.15) is 0 Å². The van der Waals surface area contributed by atoms with Gasteiger partial charge in [-0.15, -0.1) is 0 Å². The maximum atomic E-state index is 10.3. The van der Waals surface area contributed by atoms with Crippen LogP contribution in [0.1, 0.15) is 37.2 Å². The Morgan fingerprint density at radius 3 is 2.06 bits per heavy atom. The summed E-state index contributed by atoms with van der Waals surface area (Å²) in [5.74, 6) is 0.462. The zero-order valence-electron chi connectivity index (χ0n) is 9.37. The first-order chi connectivity index (χ1) is 7.92. The first-order valence-corrected chi connectivity index (χ1v) is 6.90. The van der Waals surface area contributed by atoms with Crippen molar-refractivity contribution in [3.8, 4) is 0 Å². The van der Waals surface area contributed by atoms with Gasteiger partial charge in [0.25, 0.3) is 0 Å². The molecular weight excluding hydrogens is 279 g/mol. The predicted octanol–water partition coefficient (Wildman–Crippen LogP) is 4.45. The predicted molar refractivity (Wildman–Crippen MR) is 72.9 cm³/mol. The lowest BCUT2D eigenvalue weighted by atomic mass is 9.77. The van der Waals surface area contributed by atoms with Gasteiger partial charge in [0, 0.05) is 0 Å². The number of rotatable bonds is 1. The molecule has 1 aromatic rings. The molecule has 2 rings (SSSR count). The fourth-order valence-electron chi connectivity index (χ4n) is 2.44. The molecular formula is C13H15Cl3O. The highest BCUT2D eigenvalue weighted by Gasteiger charge is 2.48. The summed E-state index contributed by atoms with van der Waals surface area (Å²) < 4.78 is -1.59. The number of hydrogen-bond acceptors (Lipinski definition) is 1. The lowest BCUT2D eigenvalue weighted by molar-refractivity contribution is 0.00266. The van der Waals surface area contributed by atoms with E-state index in [1.54, 1.807) is 0 Å². The summed E-state index contributed by atoms with van der Waals surface area (Å²) in [5, 5.41) is 10.3. The SMILES string of the molecule is OC1(C(Cl)(Cl)Cl)CCC(c2ccccc2)CC1. The van der Waals surface area contributed by atoms with Crippen molar-refractivity contribution < 1.29 is 5.11 Å². The molecule has 0 aliphatic heterocycles. The van der Waals surface area contributed by atoms with Crippen molar-refractivity contribution >= 4 is 34.8 Å². The van der Waals surface area contributed by atoms with E-state index < -0.39 is 9.39 Å². The van der Waals surface area contributed by atoms with Crippen molar-refractivity contribution in [1.29, 1.82) is 0 Å². The lowest BCUT2D eigenvalue weighted by Crippen LogP contribution is -2.45. The highest BCUT2D eigenvalue weighted by atomic mass is 35.6. The van der Waals surface area contributed by atoms with Gasteiger partial charge in [-0.1, -0.05) is 65.1 Å². The summed E-state index contributed by atoms with van der Waals surface area (Å²) in [5.41, 5.74) is 0.127. The van der Waals surface area contributed by atoms with E-state index in [0.717, 1.165) is 12.8 Å². The first kappa shape index (κ1) is 13.5. The zero-order chi connectivity index (χ0) is 12.5. The molecule has 0 saturated heterocycles. The Hall–Kier alpha value is 0.0500. The van der Waals surface area contributed by atoms with E-state index in [1.807, 2.05) is 18.2 Å². The van der Waals surface area contributed by atoms with Crippen molar-refractivity contribution in [3.63, 3.8) is 0 Å². The molecule has 0 unspecified atom stereocenters. The van der Waals surface area contributed by atoms with Gasteiger partial charge >= 0.3 is 0 Å². The van der Waals surface area contributed by atoms with Crippen molar-refractivity contribution in [2.45, 2.75) is 41.0 Å². The van der Waals surface area contributed by atoms with Gasteiger partial charge in [-0.25, -0.2) is 0 Å². The number of alkyl halides is 3. The van der Waals surface area contributed by atoms with Gasteiger partial charge in [0.1, 0.15) is 5.60 Å². The molecule has 17 heavy (non-hydrogen) atoms. The Bertz CT molecular complexity index is 364. The summed E-state index contributed by atoms with van der Waals surface area (Å²) in [7, 11) is 0. The smallest absolute Gasteiger partial charge is 0.218 e. The van der Waals surface area contributed by atoms with Crippen LogP contribution in [0.25, 0.3) is 0 Å². The fraction of sp³-hybridized carbons (Fsp3) is 0.538. The first-order valence-electron chi connectivity index (χ1n) is 5.76. The number of benzene rings is 1. The van der Waals surface area contributed by atoms with Crippen LogP contribution in [-0.2, 0) is 0 Å². The topological polar surface area (TPSA) is 20.2 Å². The second-order valence-corrected chi connectivity index (χ2v) is 7.00. The van der Waals surface area contributed by atoms with Crippen molar-refractivity contribution in [1.82, 2.24) is 0 Å². The summed E-state index contributed by atoms with van der Waals surface area (Å²) in [6, 6.07) is 10.3. The zero-order valence-corrected chi connectivity index (χ0v) is 11.6.